The number of hydrogen-bond donors (Lipinski definition) is 2. The average Bonchev–Trinajstić information content (AvgIpc) is 3.08. The van der Waals surface area contributed by atoms with Crippen LogP contribution < -0.4 is 10.6 Å². The van der Waals surface area contributed by atoms with Gasteiger partial charge in [0.25, 0.3) is 5.91 Å². The van der Waals surface area contributed by atoms with Crippen LogP contribution in [-0.2, 0) is 5.75 Å². The zero-order chi connectivity index (χ0) is 17.4. The van der Waals surface area contributed by atoms with Crippen molar-refractivity contribution in [2.45, 2.75) is 5.75 Å². The minimum absolute atomic E-state index is 0.0177. The van der Waals surface area contributed by atoms with Gasteiger partial charge in [0.15, 0.2) is 5.11 Å². The SMILES string of the molecule is CN(C)C(=O)c1ccc(NC(=S)NCCSCc2ccco2)cc1. The van der Waals surface area contributed by atoms with E-state index >= 15 is 0 Å². The molecule has 1 aromatic heterocycles. The van der Waals surface area contributed by atoms with Gasteiger partial charge in [-0.05, 0) is 48.6 Å². The van der Waals surface area contributed by atoms with Crippen molar-refractivity contribution in [1.29, 1.82) is 0 Å². The second-order valence-corrected chi connectivity index (χ2v) is 6.80. The summed E-state index contributed by atoms with van der Waals surface area (Å²) in [5.41, 5.74) is 1.50. The summed E-state index contributed by atoms with van der Waals surface area (Å²) in [5.74, 6) is 2.75. The van der Waals surface area contributed by atoms with Crippen molar-refractivity contribution in [1.82, 2.24) is 10.2 Å². The molecular formula is C17H21N3O2S2. The number of rotatable bonds is 7. The molecule has 1 heterocycles. The van der Waals surface area contributed by atoms with Gasteiger partial charge in [0.2, 0.25) is 0 Å². The summed E-state index contributed by atoms with van der Waals surface area (Å²) in [6.07, 6.45) is 1.69. The Kier molecular flexibility index (Phi) is 7.14. The van der Waals surface area contributed by atoms with Crippen molar-refractivity contribution in [2.75, 3.05) is 31.7 Å². The standard InChI is InChI=1S/C17H21N3O2S2/c1-20(2)16(21)13-5-7-14(8-6-13)19-17(23)18-9-11-24-12-15-4-3-10-22-15/h3-8,10H,9,11-12H2,1-2H3,(H2,18,19,23). The summed E-state index contributed by atoms with van der Waals surface area (Å²) in [6, 6.07) is 11.1. The first-order valence-electron chi connectivity index (χ1n) is 7.53. The molecule has 0 saturated carbocycles. The van der Waals surface area contributed by atoms with Crippen molar-refractivity contribution in [3.05, 3.63) is 54.0 Å². The molecule has 2 N–H and O–H groups in total. The number of carbonyl (C=O) groups is 1. The second-order valence-electron chi connectivity index (χ2n) is 5.29. The van der Waals surface area contributed by atoms with Gasteiger partial charge in [0, 0.05) is 37.6 Å². The first-order valence-corrected chi connectivity index (χ1v) is 9.09. The second kappa shape index (κ2) is 9.34. The Hall–Kier alpha value is -1.99. The van der Waals surface area contributed by atoms with Crippen molar-refractivity contribution in [2.24, 2.45) is 0 Å². The van der Waals surface area contributed by atoms with Crippen LogP contribution in [0.25, 0.3) is 0 Å². The lowest BCUT2D eigenvalue weighted by molar-refractivity contribution is 0.0827. The van der Waals surface area contributed by atoms with Crippen LogP contribution in [0.5, 0.6) is 0 Å². The molecule has 0 unspecified atom stereocenters. The summed E-state index contributed by atoms with van der Waals surface area (Å²) < 4.78 is 5.27. The van der Waals surface area contributed by atoms with Crippen molar-refractivity contribution >= 4 is 40.7 Å². The minimum Gasteiger partial charge on any atom is -0.468 e. The van der Waals surface area contributed by atoms with Gasteiger partial charge >= 0.3 is 0 Å². The zero-order valence-corrected chi connectivity index (χ0v) is 15.4. The van der Waals surface area contributed by atoms with Crippen LogP contribution in [0.3, 0.4) is 0 Å². The van der Waals surface area contributed by atoms with Gasteiger partial charge < -0.3 is 20.0 Å². The van der Waals surface area contributed by atoms with Crippen molar-refractivity contribution < 1.29 is 9.21 Å². The van der Waals surface area contributed by atoms with E-state index in [-0.39, 0.29) is 5.91 Å². The molecule has 2 rings (SSSR count). The summed E-state index contributed by atoms with van der Waals surface area (Å²) in [7, 11) is 3.47. The van der Waals surface area contributed by atoms with Gasteiger partial charge in [0.1, 0.15) is 5.76 Å². The molecule has 1 amide bonds. The smallest absolute Gasteiger partial charge is 0.253 e. The average molecular weight is 364 g/mol. The summed E-state index contributed by atoms with van der Waals surface area (Å²) in [4.78, 5) is 13.4. The van der Waals surface area contributed by atoms with Gasteiger partial charge in [-0.25, -0.2) is 0 Å². The molecule has 128 valence electrons. The molecule has 1 aromatic carbocycles. The van der Waals surface area contributed by atoms with E-state index in [9.17, 15) is 4.79 Å². The van der Waals surface area contributed by atoms with Gasteiger partial charge in [-0.15, -0.1) is 0 Å². The van der Waals surface area contributed by atoms with E-state index in [4.69, 9.17) is 16.6 Å². The van der Waals surface area contributed by atoms with E-state index < -0.39 is 0 Å². The van der Waals surface area contributed by atoms with Crippen LogP contribution >= 0.6 is 24.0 Å². The molecule has 24 heavy (non-hydrogen) atoms. The molecule has 7 heteroatoms. The van der Waals surface area contributed by atoms with Crippen LogP contribution in [0.4, 0.5) is 5.69 Å². The summed E-state index contributed by atoms with van der Waals surface area (Å²) in [5, 5.41) is 6.84. The number of thioether (sulfide) groups is 1. The van der Waals surface area contributed by atoms with E-state index in [1.54, 1.807) is 49.2 Å². The fourth-order valence-corrected chi connectivity index (χ4v) is 2.91. The van der Waals surface area contributed by atoms with E-state index in [1.165, 1.54) is 0 Å². The molecule has 0 aliphatic carbocycles. The zero-order valence-electron chi connectivity index (χ0n) is 13.7. The van der Waals surface area contributed by atoms with Gasteiger partial charge in [0.05, 0.1) is 12.0 Å². The van der Waals surface area contributed by atoms with E-state index in [0.29, 0.717) is 10.7 Å². The lowest BCUT2D eigenvalue weighted by atomic mass is 10.2. The van der Waals surface area contributed by atoms with Crippen molar-refractivity contribution in [3.63, 3.8) is 0 Å². The minimum atomic E-state index is -0.0177. The number of benzene rings is 1. The van der Waals surface area contributed by atoms with Gasteiger partial charge in [-0.2, -0.15) is 11.8 Å². The topological polar surface area (TPSA) is 57.5 Å². The third kappa shape index (κ3) is 5.90. The number of anilines is 1. The van der Waals surface area contributed by atoms with Crippen LogP contribution in [0, 0.1) is 0 Å². The maximum Gasteiger partial charge on any atom is 0.253 e. The maximum absolute atomic E-state index is 11.8. The van der Waals surface area contributed by atoms with Crippen LogP contribution in [0.15, 0.2) is 47.1 Å². The van der Waals surface area contributed by atoms with Crippen LogP contribution in [-0.4, -0.2) is 42.3 Å². The first kappa shape index (κ1) is 18.4. The summed E-state index contributed by atoms with van der Waals surface area (Å²) in [6.45, 7) is 0.772. The van der Waals surface area contributed by atoms with E-state index in [2.05, 4.69) is 10.6 Å². The molecule has 2 aromatic rings. The fraction of sp³-hybridized carbons (Fsp3) is 0.294. The predicted molar refractivity (Wildman–Crippen MR) is 104 cm³/mol. The highest BCUT2D eigenvalue weighted by Crippen LogP contribution is 2.12. The highest BCUT2D eigenvalue weighted by atomic mass is 32.2. The molecule has 0 bridgehead atoms. The number of hydrogen-bond acceptors (Lipinski definition) is 4. The molecular weight excluding hydrogens is 342 g/mol. The monoisotopic (exact) mass is 363 g/mol. The Morgan fingerprint density at radius 3 is 2.62 bits per heavy atom. The normalized spacial score (nSPS) is 10.2. The Morgan fingerprint density at radius 1 is 1.25 bits per heavy atom. The third-order valence-corrected chi connectivity index (χ3v) is 4.38. The quantitative estimate of drug-likeness (QED) is 0.582. The molecule has 0 radical (unpaired) electrons. The lowest BCUT2D eigenvalue weighted by Crippen LogP contribution is -2.30. The molecule has 0 saturated heterocycles. The Labute approximate surface area is 151 Å². The number of carbonyl (C=O) groups excluding carboxylic acids is 1. The molecule has 0 fully saturated rings. The molecule has 0 aliphatic rings. The third-order valence-electron chi connectivity index (χ3n) is 3.15. The number of thiocarbonyl (C=S) groups is 1. The number of amides is 1. The lowest BCUT2D eigenvalue weighted by Gasteiger charge is -2.12. The summed E-state index contributed by atoms with van der Waals surface area (Å²) >= 11 is 7.05. The van der Waals surface area contributed by atoms with Crippen LogP contribution in [0.1, 0.15) is 16.1 Å². The molecule has 5 nitrogen and oxygen atoms in total. The fourth-order valence-electron chi connectivity index (χ4n) is 1.93. The highest BCUT2D eigenvalue weighted by molar-refractivity contribution is 7.98. The van der Waals surface area contributed by atoms with E-state index in [1.807, 2.05) is 24.3 Å². The van der Waals surface area contributed by atoms with Gasteiger partial charge in [-0.3, -0.25) is 4.79 Å². The molecule has 0 spiro atoms. The number of nitrogens with zero attached hydrogens (tertiary/aromatic N) is 1. The maximum atomic E-state index is 11.8. The molecule has 0 aliphatic heterocycles. The van der Waals surface area contributed by atoms with E-state index in [0.717, 1.165) is 29.5 Å². The van der Waals surface area contributed by atoms with Gasteiger partial charge in [-0.1, -0.05) is 0 Å². The number of furan rings is 1. The van der Waals surface area contributed by atoms with Crippen molar-refractivity contribution in [3.8, 4) is 0 Å². The highest BCUT2D eigenvalue weighted by Gasteiger charge is 2.07. The Bertz CT molecular complexity index is 655. The number of nitrogens with one attached hydrogen (secondary N) is 2. The predicted octanol–water partition coefficient (Wildman–Crippen LogP) is 3.20. The van der Waals surface area contributed by atoms with Crippen LogP contribution in [0.2, 0.25) is 0 Å². The first-order chi connectivity index (χ1) is 11.6. The largest absolute Gasteiger partial charge is 0.468 e. The Balaban J connectivity index is 1.67. The molecule has 0 atom stereocenters. The Morgan fingerprint density at radius 2 is 2.00 bits per heavy atom.